The second-order valence-electron chi connectivity index (χ2n) is 3.41. The maximum Gasteiger partial charge on any atom is 0.282 e. The lowest BCUT2D eigenvalue weighted by Crippen LogP contribution is -2.11. The van der Waals surface area contributed by atoms with Crippen LogP contribution in [-0.2, 0) is 0 Å². The van der Waals surface area contributed by atoms with Gasteiger partial charge in [-0.05, 0) is 6.07 Å². The Morgan fingerprint density at radius 2 is 2.05 bits per heavy atom. The molecule has 0 amide bonds. The molecule has 0 fully saturated rings. The van der Waals surface area contributed by atoms with E-state index in [9.17, 15) is 10.1 Å². The number of hydrazone groups is 1. The highest BCUT2D eigenvalue weighted by Crippen LogP contribution is 2.33. The lowest BCUT2D eigenvalue weighted by Gasteiger charge is -2.08. The van der Waals surface area contributed by atoms with E-state index in [0.29, 0.717) is 5.75 Å². The number of methoxy groups -OCH3 is 2. The van der Waals surface area contributed by atoms with Crippen molar-refractivity contribution < 1.29 is 19.5 Å². The third-order valence-corrected chi connectivity index (χ3v) is 2.25. The number of nitrogens with zero attached hydrogens (tertiary/aromatic N) is 2. The van der Waals surface area contributed by atoms with Gasteiger partial charge in [0.05, 0.1) is 50.1 Å². The normalized spacial score (nSPS) is 10.5. The first kappa shape index (κ1) is 14.7. The largest absolute Gasteiger partial charge is 0.493 e. The van der Waals surface area contributed by atoms with E-state index in [1.807, 2.05) is 0 Å². The van der Waals surface area contributed by atoms with Crippen molar-refractivity contribution in [3.8, 4) is 11.5 Å². The second kappa shape index (κ2) is 7.17. The van der Waals surface area contributed by atoms with Gasteiger partial charge < -0.3 is 20.0 Å². The molecule has 1 aromatic carbocycles. The van der Waals surface area contributed by atoms with Gasteiger partial charge in [0, 0.05) is 0 Å². The van der Waals surface area contributed by atoms with Crippen molar-refractivity contribution in [3.05, 3.63) is 27.8 Å². The van der Waals surface area contributed by atoms with Crippen LogP contribution in [0.1, 0.15) is 5.56 Å². The topological polar surface area (TPSA) is 106 Å². The van der Waals surface area contributed by atoms with Crippen LogP contribution in [0.5, 0.6) is 11.5 Å². The summed E-state index contributed by atoms with van der Waals surface area (Å²) in [5, 5.41) is 23.3. The summed E-state index contributed by atoms with van der Waals surface area (Å²) in [4.78, 5) is 10.4. The Kier molecular flexibility index (Phi) is 5.55. The fourth-order valence-electron chi connectivity index (χ4n) is 1.38. The first-order valence-corrected chi connectivity index (χ1v) is 5.41. The number of nitro groups is 1. The molecule has 0 aliphatic carbocycles. The molecule has 0 bridgehead atoms. The van der Waals surface area contributed by atoms with E-state index in [0.717, 1.165) is 0 Å². The van der Waals surface area contributed by atoms with Gasteiger partial charge in [-0.15, -0.1) is 0 Å². The number of hydrogen-bond acceptors (Lipinski definition) is 7. The Morgan fingerprint density at radius 1 is 1.42 bits per heavy atom. The average molecular weight is 269 g/mol. The summed E-state index contributed by atoms with van der Waals surface area (Å²) in [6.07, 6.45) is 1.29. The van der Waals surface area contributed by atoms with E-state index in [2.05, 4.69) is 10.5 Å². The smallest absolute Gasteiger partial charge is 0.282 e. The zero-order valence-electron chi connectivity index (χ0n) is 10.6. The van der Waals surface area contributed by atoms with Crippen LogP contribution in [-0.4, -0.2) is 43.6 Å². The molecule has 0 atom stereocenters. The van der Waals surface area contributed by atoms with Crippen LogP contribution in [0.3, 0.4) is 0 Å². The molecular weight excluding hydrogens is 254 g/mol. The van der Waals surface area contributed by atoms with Gasteiger partial charge >= 0.3 is 0 Å². The molecule has 0 saturated heterocycles. The predicted molar refractivity (Wildman–Crippen MR) is 68.9 cm³/mol. The van der Waals surface area contributed by atoms with E-state index in [4.69, 9.17) is 14.6 Å². The highest BCUT2D eigenvalue weighted by atomic mass is 16.6. The Labute approximate surface area is 109 Å². The summed E-state index contributed by atoms with van der Waals surface area (Å²) >= 11 is 0. The summed E-state index contributed by atoms with van der Waals surface area (Å²) in [6.45, 7) is 0.183. The standard InChI is InChI=1S/C11H15N3O5/c1-18-10-5-8(7-13-12-3-4-15)9(14(16)17)6-11(10)19-2/h5-7,12,15H,3-4H2,1-2H3. The van der Waals surface area contributed by atoms with E-state index in [1.54, 1.807) is 0 Å². The lowest BCUT2D eigenvalue weighted by molar-refractivity contribution is -0.385. The highest BCUT2D eigenvalue weighted by molar-refractivity contribution is 5.86. The van der Waals surface area contributed by atoms with Gasteiger partial charge in [0.1, 0.15) is 0 Å². The summed E-state index contributed by atoms with van der Waals surface area (Å²) in [5.74, 6) is 0.645. The SMILES string of the molecule is COc1cc(C=NNCCO)c([N+](=O)[O-])cc1OC. The zero-order valence-corrected chi connectivity index (χ0v) is 10.6. The van der Waals surface area contributed by atoms with E-state index < -0.39 is 4.92 Å². The Bertz CT molecular complexity index is 476. The summed E-state index contributed by atoms with van der Waals surface area (Å²) < 4.78 is 10.1. The molecule has 0 saturated carbocycles. The maximum atomic E-state index is 11.0. The van der Waals surface area contributed by atoms with E-state index in [-0.39, 0.29) is 30.2 Å². The summed E-state index contributed by atoms with van der Waals surface area (Å²) in [7, 11) is 2.84. The van der Waals surface area contributed by atoms with Crippen molar-refractivity contribution in [2.75, 3.05) is 27.4 Å². The van der Waals surface area contributed by atoms with Gasteiger partial charge in [-0.25, -0.2) is 0 Å². The number of ether oxygens (including phenoxy) is 2. The average Bonchev–Trinajstić information content (AvgIpc) is 2.42. The first-order valence-electron chi connectivity index (χ1n) is 5.41. The van der Waals surface area contributed by atoms with Gasteiger partial charge in [-0.2, -0.15) is 5.10 Å². The van der Waals surface area contributed by atoms with Crippen molar-refractivity contribution in [1.29, 1.82) is 0 Å². The minimum Gasteiger partial charge on any atom is -0.493 e. The number of hydrogen-bond donors (Lipinski definition) is 2. The van der Waals surface area contributed by atoms with Crippen LogP contribution in [0, 0.1) is 10.1 Å². The molecule has 8 heteroatoms. The fraction of sp³-hybridized carbons (Fsp3) is 0.364. The summed E-state index contributed by atoms with van der Waals surface area (Å²) in [6, 6.07) is 2.73. The van der Waals surface area contributed by atoms with Crippen LogP contribution < -0.4 is 14.9 Å². The molecule has 0 aliphatic heterocycles. The fourth-order valence-corrected chi connectivity index (χ4v) is 1.38. The molecule has 0 heterocycles. The summed E-state index contributed by atoms with van der Waals surface area (Å²) in [5.41, 5.74) is 2.67. The molecule has 0 radical (unpaired) electrons. The monoisotopic (exact) mass is 269 g/mol. The molecule has 0 aliphatic rings. The molecule has 2 N–H and O–H groups in total. The van der Waals surface area contributed by atoms with Crippen LogP contribution in [0.25, 0.3) is 0 Å². The minimum atomic E-state index is -0.532. The van der Waals surface area contributed by atoms with Crippen molar-refractivity contribution in [1.82, 2.24) is 5.43 Å². The van der Waals surface area contributed by atoms with Crippen molar-refractivity contribution in [2.24, 2.45) is 5.10 Å². The predicted octanol–water partition coefficient (Wildman–Crippen LogP) is 0.528. The third kappa shape index (κ3) is 3.81. The van der Waals surface area contributed by atoms with Crippen LogP contribution in [0.2, 0.25) is 0 Å². The van der Waals surface area contributed by atoms with Gasteiger partial charge in [-0.3, -0.25) is 10.1 Å². The molecule has 0 spiro atoms. The molecule has 19 heavy (non-hydrogen) atoms. The lowest BCUT2D eigenvalue weighted by atomic mass is 10.1. The Hall–Kier alpha value is -2.35. The molecule has 104 valence electrons. The second-order valence-corrected chi connectivity index (χ2v) is 3.41. The number of benzene rings is 1. The number of aliphatic hydroxyl groups excluding tert-OH is 1. The molecular formula is C11H15N3O5. The highest BCUT2D eigenvalue weighted by Gasteiger charge is 2.18. The number of rotatable bonds is 7. The quantitative estimate of drug-likeness (QED) is 0.323. The van der Waals surface area contributed by atoms with E-state index >= 15 is 0 Å². The van der Waals surface area contributed by atoms with Gasteiger partial charge in [0.25, 0.3) is 5.69 Å². The Morgan fingerprint density at radius 3 is 2.58 bits per heavy atom. The number of nitrogens with one attached hydrogen (secondary N) is 1. The van der Waals surface area contributed by atoms with Crippen LogP contribution in [0.4, 0.5) is 5.69 Å². The molecule has 1 aromatic rings. The maximum absolute atomic E-state index is 11.0. The van der Waals surface area contributed by atoms with Crippen molar-refractivity contribution in [3.63, 3.8) is 0 Å². The molecule has 1 rings (SSSR count). The third-order valence-electron chi connectivity index (χ3n) is 2.25. The Balaban J connectivity index is 3.12. The molecule has 0 aromatic heterocycles. The first-order chi connectivity index (χ1) is 9.13. The van der Waals surface area contributed by atoms with Crippen LogP contribution in [0.15, 0.2) is 17.2 Å². The van der Waals surface area contributed by atoms with Gasteiger partial charge in [-0.1, -0.05) is 0 Å². The van der Waals surface area contributed by atoms with Gasteiger partial charge in [0.15, 0.2) is 11.5 Å². The van der Waals surface area contributed by atoms with Crippen molar-refractivity contribution >= 4 is 11.9 Å². The number of nitro benzene ring substituents is 1. The molecule has 8 nitrogen and oxygen atoms in total. The van der Waals surface area contributed by atoms with Crippen LogP contribution >= 0.6 is 0 Å². The van der Waals surface area contributed by atoms with Gasteiger partial charge in [0.2, 0.25) is 0 Å². The zero-order chi connectivity index (χ0) is 14.3. The van der Waals surface area contributed by atoms with Crippen molar-refractivity contribution in [2.45, 2.75) is 0 Å². The van der Waals surface area contributed by atoms with E-state index in [1.165, 1.54) is 32.6 Å². The number of aliphatic hydroxyl groups is 1. The molecule has 0 unspecified atom stereocenters. The minimum absolute atomic E-state index is 0.0780.